The molecule has 0 saturated carbocycles. The van der Waals surface area contributed by atoms with Gasteiger partial charge in [-0.15, -0.1) is 0 Å². The second-order valence-electron chi connectivity index (χ2n) is 25.6. The molecule has 6 heterocycles. The standard InChI is InChI=1S/C52H34N6.C40H26N6/c1-5-13-35(14-6-1)37-21-25-39(26-22-37)43-29-31-46-45(33-43)53-52-57(46)48-34-44(40-27-23-38(24-28-40)36-15-7-2-8-16-36)30-32-47(48)58(52)51-55-49(41-17-9-3-10-18-41)54-50(56-51)42-19-11-4-12-20-42;1-4-12-27(13-5-1)31-22-25-35-36(26-31)46-34-19-11-10-18-33(34)41-40(46)45(35)32-23-20-30(21-24-32)39-43-37(28-14-6-2-7-15-28)42-38(44-39)29-16-8-3-9-17-29/h1-34H;1-26H. The number of para-hydroxylation sites is 2. The monoisotopic (exact) mass is 1330 g/mol. The summed E-state index contributed by atoms with van der Waals surface area (Å²) in [5.74, 6) is 5.19. The molecule has 14 aromatic carbocycles. The fourth-order valence-corrected chi connectivity index (χ4v) is 14.0. The Bertz CT molecular complexity index is 6410. The first-order valence-corrected chi connectivity index (χ1v) is 34.6. The van der Waals surface area contributed by atoms with Gasteiger partial charge in [-0.3, -0.25) is 13.4 Å². The summed E-state index contributed by atoms with van der Waals surface area (Å²) in [6.07, 6.45) is 0. The highest BCUT2D eigenvalue weighted by Crippen LogP contribution is 2.38. The fourth-order valence-electron chi connectivity index (χ4n) is 14.0. The fraction of sp³-hybridized carbons (Fsp3) is 0. The average Bonchev–Trinajstić information content (AvgIpc) is 1.57. The Morgan fingerprint density at radius 1 is 0.163 bits per heavy atom. The highest BCUT2D eigenvalue weighted by Gasteiger charge is 2.24. The van der Waals surface area contributed by atoms with E-state index >= 15 is 0 Å². The van der Waals surface area contributed by atoms with E-state index in [0.29, 0.717) is 35.1 Å². The number of benzene rings is 14. The Balaban J connectivity index is 0.000000147. The number of aromatic nitrogens is 12. The highest BCUT2D eigenvalue weighted by atomic mass is 15.3. The van der Waals surface area contributed by atoms with Crippen molar-refractivity contribution < 1.29 is 0 Å². The van der Waals surface area contributed by atoms with Crippen molar-refractivity contribution in [1.29, 1.82) is 0 Å². The van der Waals surface area contributed by atoms with Crippen LogP contribution in [0, 0.1) is 0 Å². The Kier molecular flexibility index (Phi) is 15.2. The third-order valence-electron chi connectivity index (χ3n) is 19.2. The molecule has 0 aliphatic carbocycles. The van der Waals surface area contributed by atoms with Crippen LogP contribution >= 0.6 is 0 Å². The minimum atomic E-state index is 0.500. The smallest absolute Gasteiger partial charge is 0.241 e. The molecule has 0 unspecified atom stereocenters. The number of fused-ring (bicyclic) bond motifs is 10. The summed E-state index contributed by atoms with van der Waals surface area (Å²) in [6, 6.07) is 126. The number of hydrogen-bond donors (Lipinski definition) is 0. The molecule has 0 N–H and O–H groups in total. The van der Waals surface area contributed by atoms with Gasteiger partial charge in [-0.1, -0.05) is 291 Å². The molecule has 20 aromatic rings. The van der Waals surface area contributed by atoms with E-state index in [9.17, 15) is 0 Å². The summed E-state index contributed by atoms with van der Waals surface area (Å²) in [5, 5.41) is 0. The molecule has 20 rings (SSSR count). The summed E-state index contributed by atoms with van der Waals surface area (Å²) in [7, 11) is 0. The molecule has 0 atom stereocenters. The van der Waals surface area contributed by atoms with Crippen molar-refractivity contribution in [2.75, 3.05) is 0 Å². The quantitative estimate of drug-likeness (QED) is 0.119. The first kappa shape index (κ1) is 60.8. The van der Waals surface area contributed by atoms with Gasteiger partial charge in [0.1, 0.15) is 0 Å². The van der Waals surface area contributed by atoms with Crippen LogP contribution in [-0.4, -0.2) is 57.8 Å². The van der Waals surface area contributed by atoms with Gasteiger partial charge in [0.25, 0.3) is 0 Å². The maximum Gasteiger partial charge on any atom is 0.241 e. The zero-order valence-electron chi connectivity index (χ0n) is 56.0. The van der Waals surface area contributed by atoms with Crippen LogP contribution < -0.4 is 0 Å². The molecule has 488 valence electrons. The molecular formula is C92H60N12. The lowest BCUT2D eigenvalue weighted by atomic mass is 10.00. The highest BCUT2D eigenvalue weighted by molar-refractivity contribution is 5.97. The van der Waals surface area contributed by atoms with Crippen molar-refractivity contribution in [1.82, 2.24) is 57.8 Å². The van der Waals surface area contributed by atoms with Gasteiger partial charge in [-0.2, -0.15) is 9.97 Å². The zero-order chi connectivity index (χ0) is 68.9. The largest absolute Gasteiger partial charge is 0.278 e. The molecule has 12 heteroatoms. The summed E-state index contributed by atoms with van der Waals surface area (Å²) in [6.45, 7) is 0. The summed E-state index contributed by atoms with van der Waals surface area (Å²) >= 11 is 0. The lowest BCUT2D eigenvalue weighted by Crippen LogP contribution is -2.07. The lowest BCUT2D eigenvalue weighted by molar-refractivity contribution is 0.937. The van der Waals surface area contributed by atoms with Crippen LogP contribution in [0.3, 0.4) is 0 Å². The predicted octanol–water partition coefficient (Wildman–Crippen LogP) is 21.9. The summed E-state index contributed by atoms with van der Waals surface area (Å²) in [5.41, 5.74) is 25.3. The molecule has 0 fully saturated rings. The van der Waals surface area contributed by atoms with Gasteiger partial charge in [0.15, 0.2) is 29.1 Å². The van der Waals surface area contributed by atoms with Crippen molar-refractivity contribution >= 4 is 55.7 Å². The lowest BCUT2D eigenvalue weighted by Gasteiger charge is -2.10. The Labute approximate surface area is 598 Å². The van der Waals surface area contributed by atoms with Gasteiger partial charge in [-0.25, -0.2) is 34.5 Å². The van der Waals surface area contributed by atoms with Crippen LogP contribution in [0.15, 0.2) is 364 Å². The Hall–Kier alpha value is -14.4. The number of imidazole rings is 4. The van der Waals surface area contributed by atoms with Crippen molar-refractivity contribution in [2.45, 2.75) is 0 Å². The second-order valence-corrected chi connectivity index (χ2v) is 25.6. The molecule has 12 nitrogen and oxygen atoms in total. The van der Waals surface area contributed by atoms with Crippen molar-refractivity contribution in [3.8, 4) is 124 Å². The number of hydrogen-bond acceptors (Lipinski definition) is 8. The molecule has 0 spiro atoms. The predicted molar refractivity (Wildman–Crippen MR) is 420 cm³/mol. The van der Waals surface area contributed by atoms with E-state index in [0.717, 1.165) is 111 Å². The van der Waals surface area contributed by atoms with E-state index in [1.165, 1.54) is 33.4 Å². The maximum atomic E-state index is 5.36. The van der Waals surface area contributed by atoms with Gasteiger partial charge in [0.05, 0.1) is 44.1 Å². The van der Waals surface area contributed by atoms with E-state index in [2.05, 4.69) is 236 Å². The summed E-state index contributed by atoms with van der Waals surface area (Å²) in [4.78, 5) is 40.4. The van der Waals surface area contributed by atoms with Crippen molar-refractivity contribution in [3.63, 3.8) is 0 Å². The van der Waals surface area contributed by atoms with E-state index in [1.807, 2.05) is 146 Å². The molecule has 0 amide bonds. The van der Waals surface area contributed by atoms with Gasteiger partial charge in [0.2, 0.25) is 17.5 Å². The third-order valence-corrected chi connectivity index (χ3v) is 19.2. The van der Waals surface area contributed by atoms with E-state index in [1.54, 1.807) is 0 Å². The first-order valence-electron chi connectivity index (χ1n) is 34.6. The molecule has 0 aliphatic rings. The topological polar surface area (TPSA) is 122 Å². The van der Waals surface area contributed by atoms with E-state index in [4.69, 9.17) is 39.9 Å². The average molecular weight is 1330 g/mol. The molecule has 104 heavy (non-hydrogen) atoms. The van der Waals surface area contributed by atoms with Crippen LogP contribution in [0.25, 0.3) is 180 Å². The van der Waals surface area contributed by atoms with Gasteiger partial charge < -0.3 is 0 Å². The molecule has 6 aromatic heterocycles. The summed E-state index contributed by atoms with van der Waals surface area (Å²) < 4.78 is 8.80. The second kappa shape index (κ2) is 26.1. The van der Waals surface area contributed by atoms with Crippen molar-refractivity contribution in [3.05, 3.63) is 364 Å². The minimum absolute atomic E-state index is 0.500. The zero-order valence-corrected chi connectivity index (χ0v) is 56.0. The van der Waals surface area contributed by atoms with Crippen LogP contribution in [0.5, 0.6) is 0 Å². The van der Waals surface area contributed by atoms with Crippen molar-refractivity contribution in [2.24, 2.45) is 0 Å². The molecule has 0 bridgehead atoms. The van der Waals surface area contributed by atoms with Gasteiger partial charge >= 0.3 is 0 Å². The maximum absolute atomic E-state index is 5.36. The SMILES string of the molecule is c1ccc(-c2ccc(-c3ccc4c(c3)nc3n(-c5nc(-c6ccccc6)nc(-c6ccccc6)n5)c5ccc(-c6ccc(-c7ccccc7)cc6)cc5n43)cc2)cc1.c1ccc(-c2ccc3c(c2)n2c4ccccc4nc2n3-c2ccc(-c3nc(-c4ccccc4)nc(-c4ccccc4)n3)cc2)cc1. The van der Waals surface area contributed by atoms with Crippen LogP contribution in [0.4, 0.5) is 0 Å². The number of nitrogens with zero attached hydrogens (tertiary/aromatic N) is 12. The normalized spacial score (nSPS) is 11.5. The molecule has 0 radical (unpaired) electrons. The molecule has 0 saturated heterocycles. The molecule has 0 aliphatic heterocycles. The van der Waals surface area contributed by atoms with Crippen LogP contribution in [0.1, 0.15) is 0 Å². The number of rotatable bonds is 12. The van der Waals surface area contributed by atoms with E-state index in [-0.39, 0.29) is 0 Å². The molecular weight excluding hydrogens is 1270 g/mol. The Morgan fingerprint density at radius 2 is 0.433 bits per heavy atom. The van der Waals surface area contributed by atoms with Gasteiger partial charge in [0, 0.05) is 33.5 Å². The first-order chi connectivity index (χ1) is 51.5. The third kappa shape index (κ3) is 11.3. The van der Waals surface area contributed by atoms with Crippen LogP contribution in [-0.2, 0) is 0 Å². The minimum Gasteiger partial charge on any atom is -0.278 e. The van der Waals surface area contributed by atoms with Gasteiger partial charge in [-0.05, 0) is 128 Å². The Morgan fingerprint density at radius 3 is 0.856 bits per heavy atom. The van der Waals surface area contributed by atoms with E-state index < -0.39 is 0 Å². The van der Waals surface area contributed by atoms with Crippen LogP contribution in [0.2, 0.25) is 0 Å².